The highest BCUT2D eigenvalue weighted by molar-refractivity contribution is 5.70. The predicted octanol–water partition coefficient (Wildman–Crippen LogP) is 6.95. The van der Waals surface area contributed by atoms with Crippen LogP contribution >= 0.6 is 0 Å². The zero-order valence-corrected chi connectivity index (χ0v) is 23.0. The lowest BCUT2D eigenvalue weighted by Crippen LogP contribution is -2.37. The van der Waals surface area contributed by atoms with E-state index in [1.807, 2.05) is 18.2 Å². The van der Waals surface area contributed by atoms with Crippen LogP contribution in [0.15, 0.2) is 103 Å². The Morgan fingerprint density at radius 3 is 2.15 bits per heavy atom. The molecule has 1 N–H and O–H groups in total. The fraction of sp³-hybridized carbons (Fsp3) is 0.265. The van der Waals surface area contributed by atoms with E-state index in [-0.39, 0.29) is 24.2 Å². The maximum absolute atomic E-state index is 15.1. The highest BCUT2D eigenvalue weighted by Gasteiger charge is 2.23. The van der Waals surface area contributed by atoms with Gasteiger partial charge in [0.2, 0.25) is 0 Å². The highest BCUT2D eigenvalue weighted by Crippen LogP contribution is 2.28. The second-order valence-corrected chi connectivity index (χ2v) is 9.96. The van der Waals surface area contributed by atoms with Gasteiger partial charge < -0.3 is 14.6 Å². The third-order valence-electron chi connectivity index (χ3n) is 7.14. The van der Waals surface area contributed by atoms with E-state index in [4.69, 9.17) is 14.6 Å². The molecule has 6 heteroatoms. The van der Waals surface area contributed by atoms with Crippen molar-refractivity contribution in [2.45, 2.75) is 38.3 Å². The largest absolute Gasteiger partial charge is 0.497 e. The molecule has 1 atom stereocenters. The second-order valence-electron chi connectivity index (χ2n) is 9.96. The van der Waals surface area contributed by atoms with Crippen molar-refractivity contribution in [2.75, 3.05) is 20.3 Å². The first kappa shape index (κ1) is 28.8. The van der Waals surface area contributed by atoms with Crippen molar-refractivity contribution in [3.8, 4) is 11.5 Å². The molecule has 0 aliphatic rings. The lowest BCUT2D eigenvalue weighted by Gasteiger charge is -2.33. The summed E-state index contributed by atoms with van der Waals surface area (Å²) in [5.74, 6) is 0.0633. The van der Waals surface area contributed by atoms with Gasteiger partial charge in [-0.2, -0.15) is 0 Å². The Hall–Kier alpha value is -4.16. The number of hydrogen-bond acceptors (Lipinski definition) is 4. The van der Waals surface area contributed by atoms with Crippen LogP contribution in [0.4, 0.5) is 4.39 Å². The van der Waals surface area contributed by atoms with Gasteiger partial charge in [0.1, 0.15) is 17.3 Å². The van der Waals surface area contributed by atoms with Crippen LogP contribution in [0, 0.1) is 5.82 Å². The van der Waals surface area contributed by atoms with Gasteiger partial charge in [-0.25, -0.2) is 4.39 Å². The van der Waals surface area contributed by atoms with Crippen LogP contribution < -0.4 is 9.47 Å². The van der Waals surface area contributed by atoms with Crippen LogP contribution in [0.5, 0.6) is 11.5 Å². The van der Waals surface area contributed by atoms with Crippen molar-refractivity contribution in [1.29, 1.82) is 0 Å². The van der Waals surface area contributed by atoms with Crippen molar-refractivity contribution in [2.24, 2.45) is 0 Å². The number of hydrogen-bond donors (Lipinski definition) is 1. The Kier molecular flexibility index (Phi) is 10.3. The van der Waals surface area contributed by atoms with Crippen molar-refractivity contribution >= 4 is 5.97 Å². The van der Waals surface area contributed by atoms with Crippen molar-refractivity contribution in [3.05, 3.63) is 131 Å². The summed E-state index contributed by atoms with van der Waals surface area (Å²) in [6.45, 7) is 3.70. The van der Waals surface area contributed by atoms with Gasteiger partial charge in [-0.05, 0) is 48.2 Å². The van der Waals surface area contributed by atoms with E-state index in [1.165, 1.54) is 24.3 Å². The predicted molar refractivity (Wildman–Crippen MR) is 155 cm³/mol. The van der Waals surface area contributed by atoms with E-state index in [2.05, 4.69) is 60.4 Å². The minimum absolute atomic E-state index is 0.0465. The van der Waals surface area contributed by atoms with Gasteiger partial charge in [0, 0.05) is 36.7 Å². The number of carboxylic acids is 1. The Labute approximate surface area is 235 Å². The summed E-state index contributed by atoms with van der Waals surface area (Å²) in [5.41, 5.74) is 3.71. The van der Waals surface area contributed by atoms with E-state index >= 15 is 4.39 Å². The van der Waals surface area contributed by atoms with E-state index in [0.29, 0.717) is 48.7 Å². The maximum atomic E-state index is 15.1. The van der Waals surface area contributed by atoms with E-state index in [1.54, 1.807) is 30.3 Å². The highest BCUT2D eigenvalue weighted by atomic mass is 19.1. The zero-order chi connectivity index (χ0) is 28.3. The molecule has 1 unspecified atom stereocenters. The molecule has 4 aromatic rings. The number of methoxy groups -OCH3 is 1. The molecule has 0 radical (unpaired) electrons. The van der Waals surface area contributed by atoms with E-state index < -0.39 is 5.97 Å². The van der Waals surface area contributed by atoms with Gasteiger partial charge in [-0.1, -0.05) is 78.9 Å². The lowest BCUT2D eigenvalue weighted by molar-refractivity contribution is -0.136. The monoisotopic (exact) mass is 541 g/mol. The average molecular weight is 542 g/mol. The average Bonchev–Trinajstić information content (AvgIpc) is 2.96. The van der Waals surface area contributed by atoms with Crippen LogP contribution in [0.25, 0.3) is 0 Å². The molecule has 0 amide bonds. The molecular formula is C34H36FNO4. The molecule has 0 aromatic heterocycles. The number of carbonyl (C=O) groups is 1. The van der Waals surface area contributed by atoms with Gasteiger partial charge in [-0.15, -0.1) is 0 Å². The van der Waals surface area contributed by atoms with E-state index in [0.717, 1.165) is 0 Å². The van der Waals surface area contributed by atoms with Crippen LogP contribution in [0.3, 0.4) is 0 Å². The summed E-state index contributed by atoms with van der Waals surface area (Å²) in [6, 6.07) is 33.1. The number of benzene rings is 4. The lowest BCUT2D eigenvalue weighted by atomic mass is 9.90. The summed E-state index contributed by atoms with van der Waals surface area (Å²) < 4.78 is 26.3. The molecule has 208 valence electrons. The van der Waals surface area contributed by atoms with Gasteiger partial charge in [0.05, 0.1) is 20.1 Å². The third kappa shape index (κ3) is 8.17. The molecule has 0 aliphatic heterocycles. The molecule has 0 aliphatic carbocycles. The topological polar surface area (TPSA) is 59.0 Å². The van der Waals surface area contributed by atoms with Crippen LogP contribution in [0.1, 0.15) is 41.5 Å². The summed E-state index contributed by atoms with van der Waals surface area (Å²) in [4.78, 5) is 13.4. The first-order valence-electron chi connectivity index (χ1n) is 13.5. The van der Waals surface area contributed by atoms with Gasteiger partial charge in [-0.3, -0.25) is 9.69 Å². The third-order valence-corrected chi connectivity index (χ3v) is 7.14. The van der Waals surface area contributed by atoms with Crippen molar-refractivity contribution in [1.82, 2.24) is 4.90 Å². The first-order chi connectivity index (χ1) is 19.4. The first-order valence-corrected chi connectivity index (χ1v) is 13.5. The van der Waals surface area contributed by atoms with Gasteiger partial charge >= 0.3 is 5.97 Å². The number of nitrogens with zero attached hydrogens (tertiary/aromatic N) is 1. The van der Waals surface area contributed by atoms with Crippen molar-refractivity contribution in [3.63, 3.8) is 0 Å². The summed E-state index contributed by atoms with van der Waals surface area (Å²) >= 11 is 0. The number of aliphatic carboxylic acids is 1. The Morgan fingerprint density at radius 2 is 1.55 bits per heavy atom. The molecule has 0 heterocycles. The molecule has 4 aromatic carbocycles. The number of rotatable bonds is 14. The van der Waals surface area contributed by atoms with Crippen LogP contribution in [0.2, 0.25) is 0 Å². The summed E-state index contributed by atoms with van der Waals surface area (Å²) in [5, 5.41) is 9.09. The Morgan fingerprint density at radius 1 is 0.875 bits per heavy atom. The van der Waals surface area contributed by atoms with Gasteiger partial charge in [0.15, 0.2) is 0 Å². The minimum atomic E-state index is -0.876. The molecule has 5 nitrogen and oxygen atoms in total. The fourth-order valence-electron chi connectivity index (χ4n) is 4.86. The molecule has 4 rings (SSSR count). The Balaban J connectivity index is 1.54. The minimum Gasteiger partial charge on any atom is -0.497 e. The molecule has 0 spiro atoms. The number of ether oxygens (including phenoxy) is 2. The zero-order valence-electron chi connectivity index (χ0n) is 23.0. The molecular weight excluding hydrogens is 505 g/mol. The molecule has 0 fully saturated rings. The van der Waals surface area contributed by atoms with Crippen LogP contribution in [-0.2, 0) is 17.8 Å². The standard InChI is InChI=1S/C34H36FNO4/c1-25(18-19-40-31-15-9-10-26(20-31)21-34(37)38)36(23-29-16-17-30(39-2)22-33(29)35)24-32(27-11-5-3-6-12-27)28-13-7-4-8-14-28/h3-17,20,22,25,32H,18-19,21,23-24H2,1-2H3,(H,37,38). The molecule has 0 saturated heterocycles. The van der Waals surface area contributed by atoms with E-state index in [9.17, 15) is 4.79 Å². The number of carboxylic acid groups (broad SMARTS) is 1. The van der Waals surface area contributed by atoms with Crippen molar-refractivity contribution < 1.29 is 23.8 Å². The van der Waals surface area contributed by atoms with Gasteiger partial charge in [0.25, 0.3) is 0 Å². The summed E-state index contributed by atoms with van der Waals surface area (Å²) in [7, 11) is 1.53. The maximum Gasteiger partial charge on any atom is 0.307 e. The summed E-state index contributed by atoms with van der Waals surface area (Å²) in [6.07, 6.45) is 0.659. The molecule has 0 saturated carbocycles. The fourth-order valence-corrected chi connectivity index (χ4v) is 4.86. The smallest absolute Gasteiger partial charge is 0.307 e. The molecule has 0 bridgehead atoms. The van der Waals surface area contributed by atoms with Crippen LogP contribution in [-0.4, -0.2) is 42.3 Å². The molecule has 40 heavy (non-hydrogen) atoms. The normalized spacial score (nSPS) is 11.9. The second kappa shape index (κ2) is 14.3. The Bertz CT molecular complexity index is 1320. The number of halogens is 1. The SMILES string of the molecule is COc1ccc(CN(CC(c2ccccc2)c2ccccc2)C(C)CCOc2cccc(CC(=O)O)c2)c(F)c1. The quantitative estimate of drug-likeness (QED) is 0.187.